The zero-order valence-corrected chi connectivity index (χ0v) is 11.0. The summed E-state index contributed by atoms with van der Waals surface area (Å²) >= 11 is 0. The number of hydrogen-bond donors (Lipinski definition) is 3. The van der Waals surface area contributed by atoms with Crippen molar-refractivity contribution in [3.63, 3.8) is 0 Å². The Balaban J connectivity index is 2.01. The smallest absolute Gasteiger partial charge is 0.271 e. The van der Waals surface area contributed by atoms with Crippen molar-refractivity contribution >= 4 is 28.6 Å². The van der Waals surface area contributed by atoms with E-state index >= 15 is 0 Å². The second kappa shape index (κ2) is 6.00. The molecule has 1 amide bonds. The first-order valence-electron chi connectivity index (χ1n) is 6.25. The summed E-state index contributed by atoms with van der Waals surface area (Å²) in [6.07, 6.45) is 0.338. The van der Waals surface area contributed by atoms with E-state index < -0.39 is 4.92 Å². The molecule has 106 valence electrons. The molecule has 20 heavy (non-hydrogen) atoms. The minimum Gasteiger partial charge on any atom is -0.356 e. The van der Waals surface area contributed by atoms with Crippen molar-refractivity contribution in [3.8, 4) is 0 Å². The van der Waals surface area contributed by atoms with Crippen molar-refractivity contribution in [2.75, 3.05) is 18.4 Å². The number of nitrogens with zero attached hydrogens (tertiary/aromatic N) is 2. The van der Waals surface area contributed by atoms with Gasteiger partial charge in [0.25, 0.3) is 5.69 Å². The summed E-state index contributed by atoms with van der Waals surface area (Å²) in [6, 6.07) is 4.41. The van der Waals surface area contributed by atoms with E-state index in [-0.39, 0.29) is 11.6 Å². The monoisotopic (exact) mass is 277 g/mol. The van der Waals surface area contributed by atoms with E-state index in [1.54, 1.807) is 6.07 Å². The fourth-order valence-electron chi connectivity index (χ4n) is 1.77. The molecule has 0 fully saturated rings. The van der Waals surface area contributed by atoms with Gasteiger partial charge in [-0.25, -0.2) is 4.98 Å². The van der Waals surface area contributed by atoms with Gasteiger partial charge in [-0.15, -0.1) is 0 Å². The number of carbonyl (C=O) groups excluding carboxylic acids is 1. The molecule has 1 aromatic carbocycles. The highest BCUT2D eigenvalue weighted by molar-refractivity contribution is 5.80. The van der Waals surface area contributed by atoms with Crippen LogP contribution in [0.3, 0.4) is 0 Å². The van der Waals surface area contributed by atoms with Crippen molar-refractivity contribution < 1.29 is 9.72 Å². The Labute approximate surface area is 114 Å². The number of benzene rings is 1. The number of nitro groups is 1. The van der Waals surface area contributed by atoms with Crippen LogP contribution in [0.15, 0.2) is 18.2 Å². The van der Waals surface area contributed by atoms with Crippen molar-refractivity contribution in [1.82, 2.24) is 15.3 Å². The first kappa shape index (κ1) is 13.8. The highest BCUT2D eigenvalue weighted by Gasteiger charge is 2.09. The van der Waals surface area contributed by atoms with Crippen LogP contribution in [0.25, 0.3) is 11.0 Å². The van der Waals surface area contributed by atoms with E-state index in [0.29, 0.717) is 36.5 Å². The lowest BCUT2D eigenvalue weighted by molar-refractivity contribution is -0.384. The maximum atomic E-state index is 11.3. The summed E-state index contributed by atoms with van der Waals surface area (Å²) < 4.78 is 0. The Morgan fingerprint density at radius 1 is 1.50 bits per heavy atom. The van der Waals surface area contributed by atoms with Crippen LogP contribution < -0.4 is 10.6 Å². The largest absolute Gasteiger partial charge is 0.356 e. The van der Waals surface area contributed by atoms with Crippen LogP contribution in [0.4, 0.5) is 11.6 Å². The Morgan fingerprint density at radius 2 is 2.30 bits per heavy atom. The van der Waals surface area contributed by atoms with Gasteiger partial charge in [0.15, 0.2) is 0 Å². The summed E-state index contributed by atoms with van der Waals surface area (Å²) in [5, 5.41) is 16.3. The number of rotatable bonds is 6. The number of aromatic nitrogens is 2. The number of carbonyl (C=O) groups is 1. The fraction of sp³-hybridized carbons (Fsp3) is 0.333. The molecule has 0 unspecified atom stereocenters. The summed E-state index contributed by atoms with van der Waals surface area (Å²) in [4.78, 5) is 28.7. The van der Waals surface area contributed by atoms with Gasteiger partial charge in [-0.05, 0) is 13.0 Å². The lowest BCUT2D eigenvalue weighted by atomic mass is 10.3. The van der Waals surface area contributed by atoms with E-state index in [2.05, 4.69) is 20.6 Å². The Bertz CT molecular complexity index is 637. The molecule has 0 bridgehead atoms. The minimum absolute atomic E-state index is 0.00928. The maximum absolute atomic E-state index is 11.3. The average molecular weight is 277 g/mol. The van der Waals surface area contributed by atoms with Crippen molar-refractivity contribution in [2.24, 2.45) is 0 Å². The topological polar surface area (TPSA) is 113 Å². The minimum atomic E-state index is -0.456. The first-order valence-corrected chi connectivity index (χ1v) is 6.25. The molecular formula is C12H15N5O3. The van der Waals surface area contributed by atoms with Gasteiger partial charge in [-0.1, -0.05) is 0 Å². The standard InChI is InChI=1S/C12H15N5O3/c1-2-13-11(18)5-6-14-12-15-9-4-3-8(17(19)20)7-10(9)16-12/h3-4,7H,2,5-6H2,1H3,(H,13,18)(H2,14,15,16). The molecule has 0 aliphatic rings. The SMILES string of the molecule is CCNC(=O)CCNc1nc2ccc([N+](=O)[O-])cc2[nH]1. The number of nitrogens with one attached hydrogen (secondary N) is 3. The molecule has 1 heterocycles. The molecule has 0 aliphatic heterocycles. The van der Waals surface area contributed by atoms with E-state index in [1.165, 1.54) is 12.1 Å². The third-order valence-electron chi connectivity index (χ3n) is 2.69. The number of nitro benzene ring substituents is 1. The van der Waals surface area contributed by atoms with Crippen LogP contribution in [-0.4, -0.2) is 33.9 Å². The van der Waals surface area contributed by atoms with Crippen molar-refractivity contribution in [1.29, 1.82) is 0 Å². The van der Waals surface area contributed by atoms with Gasteiger partial charge in [0.05, 0.1) is 16.0 Å². The normalized spacial score (nSPS) is 10.4. The van der Waals surface area contributed by atoms with Crippen LogP contribution in [0.1, 0.15) is 13.3 Å². The molecule has 0 saturated heterocycles. The number of hydrogen-bond acceptors (Lipinski definition) is 5. The van der Waals surface area contributed by atoms with Crippen LogP contribution in [0.5, 0.6) is 0 Å². The van der Waals surface area contributed by atoms with Crippen LogP contribution >= 0.6 is 0 Å². The van der Waals surface area contributed by atoms with Crippen LogP contribution in [0.2, 0.25) is 0 Å². The summed E-state index contributed by atoms with van der Waals surface area (Å²) in [7, 11) is 0. The average Bonchev–Trinajstić information content (AvgIpc) is 2.80. The van der Waals surface area contributed by atoms with Crippen LogP contribution in [0, 0.1) is 10.1 Å². The quantitative estimate of drug-likeness (QED) is 0.545. The van der Waals surface area contributed by atoms with Gasteiger partial charge in [0.1, 0.15) is 0 Å². The van der Waals surface area contributed by atoms with Gasteiger partial charge in [0, 0.05) is 31.6 Å². The zero-order chi connectivity index (χ0) is 14.5. The number of anilines is 1. The summed E-state index contributed by atoms with van der Waals surface area (Å²) in [6.45, 7) is 2.90. The maximum Gasteiger partial charge on any atom is 0.271 e. The number of H-pyrrole nitrogens is 1. The molecule has 0 radical (unpaired) electrons. The molecule has 3 N–H and O–H groups in total. The molecule has 8 nitrogen and oxygen atoms in total. The lowest BCUT2D eigenvalue weighted by Gasteiger charge is -2.02. The fourth-order valence-corrected chi connectivity index (χ4v) is 1.77. The number of aromatic amines is 1. The Hall–Kier alpha value is -2.64. The second-order valence-electron chi connectivity index (χ2n) is 4.17. The third-order valence-corrected chi connectivity index (χ3v) is 2.69. The van der Waals surface area contributed by atoms with Gasteiger partial charge in [0.2, 0.25) is 11.9 Å². The van der Waals surface area contributed by atoms with Crippen molar-refractivity contribution in [2.45, 2.75) is 13.3 Å². The van der Waals surface area contributed by atoms with Gasteiger partial charge < -0.3 is 15.6 Å². The highest BCUT2D eigenvalue weighted by Crippen LogP contribution is 2.20. The van der Waals surface area contributed by atoms with Gasteiger partial charge in [-0.2, -0.15) is 0 Å². The van der Waals surface area contributed by atoms with E-state index in [1.807, 2.05) is 6.92 Å². The first-order chi connectivity index (χ1) is 9.60. The van der Waals surface area contributed by atoms with E-state index in [0.717, 1.165) is 0 Å². The number of imidazole rings is 1. The molecule has 0 atom stereocenters. The summed E-state index contributed by atoms with van der Waals surface area (Å²) in [5.74, 6) is 0.455. The predicted molar refractivity (Wildman–Crippen MR) is 74.5 cm³/mol. The molecule has 1 aromatic heterocycles. The third kappa shape index (κ3) is 3.22. The Morgan fingerprint density at radius 3 is 3.00 bits per heavy atom. The highest BCUT2D eigenvalue weighted by atomic mass is 16.6. The molecular weight excluding hydrogens is 262 g/mol. The number of amides is 1. The van der Waals surface area contributed by atoms with Gasteiger partial charge >= 0.3 is 0 Å². The number of fused-ring (bicyclic) bond motifs is 1. The zero-order valence-electron chi connectivity index (χ0n) is 11.0. The Kier molecular flexibility index (Phi) is 4.14. The second-order valence-corrected chi connectivity index (χ2v) is 4.17. The summed E-state index contributed by atoms with van der Waals surface area (Å²) in [5.41, 5.74) is 1.23. The molecule has 0 spiro atoms. The van der Waals surface area contributed by atoms with E-state index in [4.69, 9.17) is 0 Å². The molecule has 0 saturated carbocycles. The number of non-ortho nitro benzene ring substituents is 1. The molecule has 2 rings (SSSR count). The molecule has 0 aliphatic carbocycles. The lowest BCUT2D eigenvalue weighted by Crippen LogP contribution is -2.24. The van der Waals surface area contributed by atoms with Gasteiger partial charge in [-0.3, -0.25) is 14.9 Å². The predicted octanol–water partition coefficient (Wildman–Crippen LogP) is 1.41. The van der Waals surface area contributed by atoms with E-state index in [9.17, 15) is 14.9 Å². The van der Waals surface area contributed by atoms with Crippen molar-refractivity contribution in [3.05, 3.63) is 28.3 Å². The van der Waals surface area contributed by atoms with Crippen LogP contribution in [-0.2, 0) is 4.79 Å². The molecule has 2 aromatic rings. The molecule has 8 heteroatoms.